The normalized spacial score (nSPS) is 30.7. The second kappa shape index (κ2) is 7.62. The summed E-state index contributed by atoms with van der Waals surface area (Å²) in [5.74, 6) is -0.442. The zero-order chi connectivity index (χ0) is 20.9. The number of carbonyl (C=O) groups is 1. The van der Waals surface area contributed by atoms with E-state index in [9.17, 15) is 24.8 Å². The number of hydrogen-bond acceptors (Lipinski definition) is 14. The number of aromatic nitrogens is 2. The maximum absolute atomic E-state index is 11.9. The van der Waals surface area contributed by atoms with E-state index in [0.29, 0.717) is 0 Å². The van der Waals surface area contributed by atoms with Crippen molar-refractivity contribution in [3.63, 3.8) is 0 Å². The number of rotatable bonds is 6. The number of fused-ring (bicyclic) bond motifs is 1. The first-order valence-electron chi connectivity index (χ1n) is 7.57. The zero-order valence-electron chi connectivity index (χ0n) is 13.8. The summed E-state index contributed by atoms with van der Waals surface area (Å²) in [7, 11) is -9.85. The Kier molecular flexibility index (Phi) is 5.88. The van der Waals surface area contributed by atoms with E-state index in [2.05, 4.69) is 24.5 Å². The standard InChI is InChI=1S/C10H18N5O11P2/c11-10-13-7-4(8(18)14-10)12-2-15(7)9-6(17)5(16)3(25-9)1-24-28(22,23)26-27(19,20)21/h2-3,5-6,9-10,16-17,19-23H,1,11H2,(H-,13,14,18)/q+1/p+1/t3-,5-,6-,9-,10?/m1/s1. The smallest absolute Gasteiger partial charge is 0.387 e. The Morgan fingerprint density at radius 1 is 1.21 bits per heavy atom. The van der Waals surface area contributed by atoms with Gasteiger partial charge >= 0.3 is 16.3 Å². The molecule has 158 valence electrons. The number of nitrogens with two attached hydrogens (primary N) is 1. The maximum atomic E-state index is 11.9. The first-order valence-corrected chi connectivity index (χ1v) is 10.7. The average Bonchev–Trinajstić information content (AvgIpc) is 3.06. The number of amides is 1. The summed E-state index contributed by atoms with van der Waals surface area (Å²) in [5.41, 5.74) is 5.60. The van der Waals surface area contributed by atoms with E-state index in [1.54, 1.807) is 0 Å². The highest BCUT2D eigenvalue weighted by Crippen LogP contribution is 2.67. The number of aliphatic hydroxyl groups excluding tert-OH is 2. The van der Waals surface area contributed by atoms with Gasteiger partial charge < -0.3 is 25.6 Å². The van der Waals surface area contributed by atoms with Crippen molar-refractivity contribution in [1.82, 2.24) is 14.9 Å². The van der Waals surface area contributed by atoms with Crippen LogP contribution in [0, 0.1) is 0 Å². The first kappa shape index (κ1) is 21.6. The van der Waals surface area contributed by atoms with Gasteiger partial charge in [-0.05, 0) is 0 Å². The van der Waals surface area contributed by atoms with Gasteiger partial charge in [0.05, 0.1) is 10.6 Å². The van der Waals surface area contributed by atoms with Crippen molar-refractivity contribution >= 4 is 28.1 Å². The lowest BCUT2D eigenvalue weighted by molar-refractivity contribution is -0.0532. The Morgan fingerprint density at radius 2 is 1.89 bits per heavy atom. The van der Waals surface area contributed by atoms with Gasteiger partial charge in [0.15, 0.2) is 18.2 Å². The summed E-state index contributed by atoms with van der Waals surface area (Å²) >= 11 is 0. The van der Waals surface area contributed by atoms with Crippen molar-refractivity contribution in [3.8, 4) is 0 Å². The number of hydrogen-bond donors (Lipinski definition) is 10. The molecule has 1 amide bonds. The Labute approximate surface area is 157 Å². The summed E-state index contributed by atoms with van der Waals surface area (Å²) in [6.45, 7) is -0.764. The minimum absolute atomic E-state index is 0.0232. The summed E-state index contributed by atoms with van der Waals surface area (Å²) in [6, 6.07) is 0. The molecule has 5 atom stereocenters. The molecule has 1 fully saturated rings. The molecule has 0 bridgehead atoms. The van der Waals surface area contributed by atoms with Gasteiger partial charge in [-0.2, -0.15) is 24.5 Å². The van der Waals surface area contributed by atoms with Crippen LogP contribution in [-0.4, -0.2) is 81.3 Å². The van der Waals surface area contributed by atoms with Crippen LogP contribution < -0.4 is 16.4 Å². The lowest BCUT2D eigenvalue weighted by atomic mass is 10.1. The molecule has 0 saturated carbocycles. The Balaban J connectivity index is 1.71. The van der Waals surface area contributed by atoms with Crippen molar-refractivity contribution in [3.05, 3.63) is 12.0 Å². The molecule has 1 unspecified atom stereocenters. The molecule has 3 rings (SSSR count). The molecule has 0 spiro atoms. The molecule has 18 heteroatoms. The highest BCUT2D eigenvalue weighted by Gasteiger charge is 2.59. The maximum Gasteiger partial charge on any atom is 0.620 e. The Bertz CT molecular complexity index is 742. The number of nitrogens with zero attached hydrogens (tertiary/aromatic N) is 2. The molecule has 1 aromatic heterocycles. The van der Waals surface area contributed by atoms with Gasteiger partial charge in [-0.25, -0.2) is 4.98 Å². The lowest BCUT2D eigenvalue weighted by Gasteiger charge is -2.25. The van der Waals surface area contributed by atoms with Crippen molar-refractivity contribution in [2.45, 2.75) is 30.8 Å². The van der Waals surface area contributed by atoms with E-state index in [1.165, 1.54) is 10.9 Å². The van der Waals surface area contributed by atoms with Gasteiger partial charge in [-0.3, -0.25) is 15.1 Å². The third kappa shape index (κ3) is 4.55. The molecule has 3 heterocycles. The summed E-state index contributed by atoms with van der Waals surface area (Å²) in [6.07, 6.45) is -5.46. The van der Waals surface area contributed by atoms with Crippen molar-refractivity contribution in [1.29, 1.82) is 0 Å². The highest BCUT2D eigenvalue weighted by atomic mass is 31.3. The van der Waals surface area contributed by atoms with Crippen LogP contribution in [-0.2, 0) is 13.6 Å². The molecule has 1 aromatic rings. The SMILES string of the molecule is NC1NC(=O)c2ncn([C@@H]3O[C@H](CO[P+](O)(O)O[P+](O)(O)O)[C@@H](O)[C@H]3O)c2N1. The second-order valence-electron chi connectivity index (χ2n) is 5.87. The Morgan fingerprint density at radius 3 is 2.54 bits per heavy atom. The topological polar surface area (TPSA) is 254 Å². The molecule has 16 nitrogen and oxygen atoms in total. The van der Waals surface area contributed by atoms with Gasteiger partial charge in [0, 0.05) is 0 Å². The largest absolute Gasteiger partial charge is 0.620 e. The fourth-order valence-electron chi connectivity index (χ4n) is 2.69. The Hall–Kier alpha value is -1.10. The monoisotopic (exact) mass is 447 g/mol. The molecule has 0 aromatic carbocycles. The zero-order valence-corrected chi connectivity index (χ0v) is 15.6. The van der Waals surface area contributed by atoms with Crippen LogP contribution in [0.2, 0.25) is 0 Å². The van der Waals surface area contributed by atoms with Crippen LogP contribution in [0.25, 0.3) is 0 Å². The van der Waals surface area contributed by atoms with E-state index in [-0.39, 0.29) is 11.5 Å². The van der Waals surface area contributed by atoms with Crippen LogP contribution in [0.5, 0.6) is 0 Å². The molecule has 1 saturated heterocycles. The fraction of sp³-hybridized carbons (Fsp3) is 0.600. The van der Waals surface area contributed by atoms with Crippen LogP contribution >= 0.6 is 16.3 Å². The van der Waals surface area contributed by atoms with Crippen LogP contribution in [0.3, 0.4) is 0 Å². The van der Waals surface area contributed by atoms with E-state index < -0.39 is 59.7 Å². The van der Waals surface area contributed by atoms with Crippen molar-refractivity contribution < 1.29 is 53.0 Å². The summed E-state index contributed by atoms with van der Waals surface area (Å²) in [5, 5.41) is 25.5. The summed E-state index contributed by atoms with van der Waals surface area (Å²) < 4.78 is 15.0. The van der Waals surface area contributed by atoms with E-state index in [1.807, 2.05) is 0 Å². The number of carbonyl (C=O) groups excluding carboxylic acids is 1. The molecule has 2 aliphatic heterocycles. The van der Waals surface area contributed by atoms with Crippen molar-refractivity contribution in [2.24, 2.45) is 5.73 Å². The molecular formula is C10H19N5O11P2+2. The number of aliphatic hydroxyl groups is 2. The molecule has 0 radical (unpaired) electrons. The van der Waals surface area contributed by atoms with E-state index >= 15 is 0 Å². The van der Waals surface area contributed by atoms with Gasteiger partial charge in [0.2, 0.25) is 0 Å². The minimum Gasteiger partial charge on any atom is -0.387 e. The number of ether oxygens (including phenoxy) is 1. The summed E-state index contributed by atoms with van der Waals surface area (Å²) in [4.78, 5) is 60.7. The van der Waals surface area contributed by atoms with Gasteiger partial charge in [0.25, 0.3) is 5.91 Å². The first-order chi connectivity index (χ1) is 12.9. The molecular weight excluding hydrogens is 428 g/mol. The third-order valence-electron chi connectivity index (χ3n) is 3.82. The quantitative estimate of drug-likeness (QED) is 0.188. The molecule has 11 N–H and O–H groups in total. The predicted molar refractivity (Wildman–Crippen MR) is 89.2 cm³/mol. The molecule has 2 aliphatic rings. The predicted octanol–water partition coefficient (Wildman–Crippen LogP) is -3.75. The number of anilines is 1. The van der Waals surface area contributed by atoms with Gasteiger partial charge in [0.1, 0.15) is 30.7 Å². The van der Waals surface area contributed by atoms with Crippen LogP contribution in [0.15, 0.2) is 6.33 Å². The van der Waals surface area contributed by atoms with Crippen molar-refractivity contribution in [2.75, 3.05) is 11.9 Å². The molecule has 28 heavy (non-hydrogen) atoms. The highest BCUT2D eigenvalue weighted by molar-refractivity contribution is 7.67. The fourth-order valence-corrected chi connectivity index (χ4v) is 4.36. The van der Waals surface area contributed by atoms with E-state index in [4.69, 9.17) is 25.2 Å². The number of nitrogens with one attached hydrogen (secondary N) is 2. The third-order valence-corrected chi connectivity index (χ3v) is 6.03. The van der Waals surface area contributed by atoms with E-state index in [0.717, 1.165) is 0 Å². The van der Waals surface area contributed by atoms with Gasteiger partial charge in [-0.1, -0.05) is 0 Å². The number of imidazole rings is 1. The average molecular weight is 447 g/mol. The second-order valence-corrected chi connectivity index (χ2v) is 8.79. The van der Waals surface area contributed by atoms with Crippen LogP contribution in [0.4, 0.5) is 5.82 Å². The molecule has 0 aliphatic carbocycles. The minimum atomic E-state index is -5.00. The lowest BCUT2D eigenvalue weighted by Crippen LogP contribution is -2.51. The van der Waals surface area contributed by atoms with Crippen LogP contribution in [0.1, 0.15) is 16.7 Å². The van der Waals surface area contributed by atoms with Gasteiger partial charge in [-0.15, -0.1) is 4.52 Å².